The van der Waals surface area contributed by atoms with Gasteiger partial charge in [0.25, 0.3) is 5.56 Å². The number of nitrogens with zero attached hydrogens (tertiary/aromatic N) is 2. The van der Waals surface area contributed by atoms with Crippen LogP contribution in [0.15, 0.2) is 53.3 Å². The minimum Gasteiger partial charge on any atom is -0.335 e. The molecule has 138 valence electrons. The average Bonchev–Trinajstić information content (AvgIpc) is 3.46. The molecule has 27 heavy (non-hydrogen) atoms. The van der Waals surface area contributed by atoms with Crippen LogP contribution in [0.2, 0.25) is 5.02 Å². The zero-order chi connectivity index (χ0) is 19.0. The van der Waals surface area contributed by atoms with Gasteiger partial charge in [-0.25, -0.2) is 4.98 Å². The van der Waals surface area contributed by atoms with E-state index in [0.717, 1.165) is 12.0 Å². The van der Waals surface area contributed by atoms with Gasteiger partial charge >= 0.3 is 0 Å². The Morgan fingerprint density at radius 3 is 2.74 bits per heavy atom. The molecule has 1 N–H and O–H groups in total. The van der Waals surface area contributed by atoms with E-state index in [0.29, 0.717) is 34.8 Å². The van der Waals surface area contributed by atoms with Crippen LogP contribution in [0.4, 0.5) is 0 Å². The van der Waals surface area contributed by atoms with Gasteiger partial charge in [0.1, 0.15) is 5.82 Å². The molecule has 0 radical (unpaired) electrons. The molecule has 2 unspecified atom stereocenters. The maximum absolute atomic E-state index is 12.9. The number of fused-ring (bicyclic) bond motifs is 1. The molecule has 6 heteroatoms. The summed E-state index contributed by atoms with van der Waals surface area (Å²) in [6.07, 6.45) is 0.806. The van der Waals surface area contributed by atoms with Crippen molar-refractivity contribution in [2.24, 2.45) is 5.92 Å². The molecule has 1 saturated carbocycles. The Hall–Kier alpha value is -2.66. The van der Waals surface area contributed by atoms with E-state index in [1.54, 1.807) is 17.0 Å². The molecule has 0 spiro atoms. The molecule has 2 atom stereocenters. The topological polar surface area (TPSA) is 66.1 Å². The van der Waals surface area contributed by atoms with Crippen LogP contribution in [0.25, 0.3) is 10.9 Å². The third-order valence-corrected chi connectivity index (χ3v) is 5.45. The second kappa shape index (κ2) is 7.16. The maximum Gasteiger partial charge on any atom is 0.258 e. The Labute approximate surface area is 162 Å². The SMILES string of the molecule is CCN(Cc1nc2ccccc2c(=O)[nH]1)C(=O)C1CC1c1ccccc1Cl. The third kappa shape index (κ3) is 3.47. The normalized spacial score (nSPS) is 18.4. The minimum atomic E-state index is -0.181. The summed E-state index contributed by atoms with van der Waals surface area (Å²) in [5.74, 6) is 0.697. The van der Waals surface area contributed by atoms with Crippen LogP contribution in [0.1, 0.15) is 30.7 Å². The lowest BCUT2D eigenvalue weighted by Gasteiger charge is -2.20. The first kappa shape index (κ1) is 17.7. The van der Waals surface area contributed by atoms with Crippen molar-refractivity contribution in [3.63, 3.8) is 0 Å². The first-order valence-electron chi connectivity index (χ1n) is 9.09. The van der Waals surface area contributed by atoms with Crippen molar-refractivity contribution < 1.29 is 4.79 Å². The van der Waals surface area contributed by atoms with Gasteiger partial charge in [-0.15, -0.1) is 0 Å². The van der Waals surface area contributed by atoms with Crippen LogP contribution in [0.3, 0.4) is 0 Å². The van der Waals surface area contributed by atoms with E-state index in [4.69, 9.17) is 11.6 Å². The Kier molecular flexibility index (Phi) is 4.70. The minimum absolute atomic E-state index is 0.0583. The molecule has 0 aliphatic heterocycles. The Balaban J connectivity index is 1.52. The predicted octanol–water partition coefficient (Wildman–Crippen LogP) is 3.73. The van der Waals surface area contributed by atoms with Gasteiger partial charge in [-0.1, -0.05) is 41.9 Å². The average molecular weight is 382 g/mol. The van der Waals surface area contributed by atoms with Gasteiger partial charge in [0.05, 0.1) is 17.4 Å². The monoisotopic (exact) mass is 381 g/mol. The lowest BCUT2D eigenvalue weighted by atomic mass is 10.1. The highest BCUT2D eigenvalue weighted by Gasteiger charge is 2.46. The summed E-state index contributed by atoms with van der Waals surface area (Å²) >= 11 is 6.27. The zero-order valence-electron chi connectivity index (χ0n) is 15.0. The number of hydrogen-bond donors (Lipinski definition) is 1. The zero-order valence-corrected chi connectivity index (χ0v) is 15.7. The highest BCUT2D eigenvalue weighted by molar-refractivity contribution is 6.31. The van der Waals surface area contributed by atoms with E-state index in [1.807, 2.05) is 43.3 Å². The lowest BCUT2D eigenvalue weighted by Crippen LogP contribution is -2.33. The second-order valence-corrected chi connectivity index (χ2v) is 7.26. The standard InChI is InChI=1S/C21H20ClN3O2/c1-2-25(12-19-23-18-10-6-4-8-14(18)20(26)24-19)21(27)16-11-15(16)13-7-3-5-9-17(13)22/h3-10,15-16H,2,11-12H2,1H3,(H,23,24,26). The number of halogens is 1. The first-order chi connectivity index (χ1) is 13.1. The summed E-state index contributed by atoms with van der Waals surface area (Å²) in [5, 5.41) is 1.26. The number of H-pyrrole nitrogens is 1. The summed E-state index contributed by atoms with van der Waals surface area (Å²) in [6, 6.07) is 14.9. The van der Waals surface area contributed by atoms with Gasteiger partial charge in [0.15, 0.2) is 0 Å². The van der Waals surface area contributed by atoms with Crippen molar-refractivity contribution in [2.45, 2.75) is 25.8 Å². The number of rotatable bonds is 5. The van der Waals surface area contributed by atoms with Crippen LogP contribution in [0, 0.1) is 5.92 Å². The summed E-state index contributed by atoms with van der Waals surface area (Å²) in [7, 11) is 0. The van der Waals surface area contributed by atoms with Crippen LogP contribution in [0.5, 0.6) is 0 Å². The van der Waals surface area contributed by atoms with E-state index < -0.39 is 0 Å². The largest absolute Gasteiger partial charge is 0.335 e. The maximum atomic E-state index is 12.9. The molecule has 2 aromatic carbocycles. The molecular formula is C21H20ClN3O2. The second-order valence-electron chi connectivity index (χ2n) is 6.85. The van der Waals surface area contributed by atoms with Crippen LogP contribution in [-0.4, -0.2) is 27.3 Å². The molecule has 1 heterocycles. The van der Waals surface area contributed by atoms with Gasteiger partial charge in [-0.05, 0) is 43.0 Å². The third-order valence-electron chi connectivity index (χ3n) is 5.11. The number of nitrogens with one attached hydrogen (secondary N) is 1. The number of para-hydroxylation sites is 1. The molecule has 1 aliphatic carbocycles. The Bertz CT molecular complexity index is 1060. The fraction of sp³-hybridized carbons (Fsp3) is 0.286. The smallest absolute Gasteiger partial charge is 0.258 e. The van der Waals surface area contributed by atoms with E-state index in [1.165, 1.54) is 0 Å². The fourth-order valence-corrected chi connectivity index (χ4v) is 3.83. The Morgan fingerprint density at radius 1 is 1.22 bits per heavy atom. The van der Waals surface area contributed by atoms with Crippen LogP contribution in [-0.2, 0) is 11.3 Å². The highest BCUT2D eigenvalue weighted by Crippen LogP contribution is 2.50. The van der Waals surface area contributed by atoms with Gasteiger partial charge in [0.2, 0.25) is 5.91 Å². The number of hydrogen-bond acceptors (Lipinski definition) is 3. The highest BCUT2D eigenvalue weighted by atomic mass is 35.5. The molecule has 1 aliphatic rings. The number of aromatic amines is 1. The molecule has 1 aromatic heterocycles. The van der Waals surface area contributed by atoms with Gasteiger partial charge in [0, 0.05) is 17.5 Å². The molecular weight excluding hydrogens is 362 g/mol. The van der Waals surface area contributed by atoms with Crippen molar-refractivity contribution in [3.05, 3.63) is 75.3 Å². The summed E-state index contributed by atoms with van der Waals surface area (Å²) in [6.45, 7) is 2.78. The number of carbonyl (C=O) groups is 1. The molecule has 0 saturated heterocycles. The number of amides is 1. The van der Waals surface area contributed by atoms with Crippen molar-refractivity contribution in [1.29, 1.82) is 0 Å². The molecule has 1 amide bonds. The van der Waals surface area contributed by atoms with Crippen LogP contribution >= 0.6 is 11.6 Å². The molecule has 4 rings (SSSR count). The lowest BCUT2D eigenvalue weighted by molar-refractivity contribution is -0.133. The molecule has 1 fully saturated rings. The molecule has 0 bridgehead atoms. The number of carbonyl (C=O) groups excluding carboxylic acids is 1. The predicted molar refractivity (Wildman–Crippen MR) is 106 cm³/mol. The number of benzene rings is 2. The van der Waals surface area contributed by atoms with Crippen molar-refractivity contribution >= 4 is 28.4 Å². The van der Waals surface area contributed by atoms with E-state index in [2.05, 4.69) is 9.97 Å². The van der Waals surface area contributed by atoms with Crippen molar-refractivity contribution in [1.82, 2.24) is 14.9 Å². The summed E-state index contributed by atoms with van der Waals surface area (Å²) < 4.78 is 0. The number of aromatic nitrogens is 2. The van der Waals surface area contributed by atoms with Gasteiger partial charge in [-0.3, -0.25) is 9.59 Å². The van der Waals surface area contributed by atoms with Gasteiger partial charge in [-0.2, -0.15) is 0 Å². The van der Waals surface area contributed by atoms with E-state index in [-0.39, 0.29) is 23.3 Å². The summed E-state index contributed by atoms with van der Waals surface area (Å²) in [5.41, 5.74) is 1.49. The van der Waals surface area contributed by atoms with Gasteiger partial charge < -0.3 is 9.88 Å². The van der Waals surface area contributed by atoms with Crippen LogP contribution < -0.4 is 5.56 Å². The molecule has 5 nitrogen and oxygen atoms in total. The van der Waals surface area contributed by atoms with E-state index in [9.17, 15) is 9.59 Å². The van der Waals surface area contributed by atoms with Crippen molar-refractivity contribution in [2.75, 3.05) is 6.54 Å². The first-order valence-corrected chi connectivity index (χ1v) is 9.47. The van der Waals surface area contributed by atoms with E-state index >= 15 is 0 Å². The quantitative estimate of drug-likeness (QED) is 0.732. The molecule has 3 aromatic rings. The fourth-order valence-electron chi connectivity index (χ4n) is 3.56. The Morgan fingerprint density at radius 2 is 1.96 bits per heavy atom. The summed E-state index contributed by atoms with van der Waals surface area (Å²) in [4.78, 5) is 34.2. The van der Waals surface area contributed by atoms with Crippen molar-refractivity contribution in [3.8, 4) is 0 Å².